The van der Waals surface area contributed by atoms with Crippen LogP contribution in [0, 0.1) is 0 Å². The van der Waals surface area contributed by atoms with Gasteiger partial charge in [-0.1, -0.05) is 25.7 Å². The molecule has 1 saturated carbocycles. The Balaban J connectivity index is 1.85. The molecule has 19 heavy (non-hydrogen) atoms. The summed E-state index contributed by atoms with van der Waals surface area (Å²) >= 11 is 1.77. The maximum absolute atomic E-state index is 11.3. The van der Waals surface area contributed by atoms with E-state index in [0.717, 1.165) is 5.69 Å². The number of ether oxygens (including phenoxy) is 1. The fourth-order valence-corrected chi connectivity index (χ4v) is 3.64. The van der Waals surface area contributed by atoms with Gasteiger partial charge in [0.1, 0.15) is 0 Å². The van der Waals surface area contributed by atoms with Crippen molar-refractivity contribution in [1.82, 2.24) is 4.98 Å². The molecule has 1 aliphatic rings. The van der Waals surface area contributed by atoms with Crippen molar-refractivity contribution in [2.24, 2.45) is 0 Å². The third-order valence-electron chi connectivity index (χ3n) is 3.66. The van der Waals surface area contributed by atoms with Crippen molar-refractivity contribution in [3.63, 3.8) is 0 Å². The van der Waals surface area contributed by atoms with Gasteiger partial charge >= 0.3 is 5.97 Å². The second-order valence-electron chi connectivity index (χ2n) is 5.17. The number of hydrogen-bond acceptors (Lipinski definition) is 4. The zero-order chi connectivity index (χ0) is 13.5. The van der Waals surface area contributed by atoms with Crippen LogP contribution in [-0.4, -0.2) is 17.6 Å². The van der Waals surface area contributed by atoms with E-state index in [-0.39, 0.29) is 5.97 Å². The number of nitrogens with zero attached hydrogens (tertiary/aromatic N) is 1. The number of thiazole rings is 1. The zero-order valence-electron chi connectivity index (χ0n) is 11.7. The first kappa shape index (κ1) is 14.5. The van der Waals surface area contributed by atoms with Crippen LogP contribution in [0.15, 0.2) is 5.38 Å². The minimum atomic E-state index is -0.119. The first-order valence-electron chi connectivity index (χ1n) is 7.39. The Kier molecular flexibility index (Phi) is 5.83. The summed E-state index contributed by atoms with van der Waals surface area (Å²) in [5.41, 5.74) is 1.05. The predicted molar refractivity (Wildman–Crippen MR) is 77.5 cm³/mol. The van der Waals surface area contributed by atoms with E-state index < -0.39 is 0 Å². The van der Waals surface area contributed by atoms with Crippen LogP contribution >= 0.6 is 11.3 Å². The molecule has 0 amide bonds. The van der Waals surface area contributed by atoms with E-state index in [1.54, 1.807) is 11.3 Å². The molecule has 0 spiro atoms. The normalized spacial score (nSPS) is 17.1. The summed E-state index contributed by atoms with van der Waals surface area (Å²) in [6, 6.07) is 0. The third-order valence-corrected chi connectivity index (χ3v) is 4.72. The largest absolute Gasteiger partial charge is 0.466 e. The summed E-state index contributed by atoms with van der Waals surface area (Å²) < 4.78 is 4.94. The zero-order valence-corrected chi connectivity index (χ0v) is 12.5. The maximum atomic E-state index is 11.3. The molecule has 1 heterocycles. The highest BCUT2D eigenvalue weighted by atomic mass is 32.1. The lowest BCUT2D eigenvalue weighted by Gasteiger charge is -2.09. The second kappa shape index (κ2) is 7.63. The molecule has 0 aliphatic heterocycles. The van der Waals surface area contributed by atoms with Crippen molar-refractivity contribution < 1.29 is 9.53 Å². The van der Waals surface area contributed by atoms with Crippen LogP contribution in [-0.2, 0) is 16.0 Å². The molecule has 4 heteroatoms. The molecule has 0 radical (unpaired) electrons. The van der Waals surface area contributed by atoms with E-state index in [1.165, 1.54) is 43.5 Å². The van der Waals surface area contributed by atoms with Gasteiger partial charge in [-0.25, -0.2) is 4.98 Å². The van der Waals surface area contributed by atoms with Crippen molar-refractivity contribution in [3.05, 3.63) is 16.1 Å². The molecule has 0 N–H and O–H groups in total. The fourth-order valence-electron chi connectivity index (χ4n) is 2.61. The van der Waals surface area contributed by atoms with Crippen LogP contribution in [0.3, 0.4) is 0 Å². The molecule has 1 aromatic heterocycles. The second-order valence-corrected chi connectivity index (χ2v) is 6.06. The molecular formula is C15H23NO2S. The number of carbonyl (C=O) groups excluding carboxylic acids is 1. The summed E-state index contributed by atoms with van der Waals surface area (Å²) in [6.45, 7) is 2.30. The predicted octanol–water partition coefficient (Wildman–Crippen LogP) is 4.08. The van der Waals surface area contributed by atoms with Crippen LogP contribution in [0.1, 0.15) is 68.5 Å². The van der Waals surface area contributed by atoms with Crippen LogP contribution in [0.5, 0.6) is 0 Å². The van der Waals surface area contributed by atoms with E-state index in [4.69, 9.17) is 9.72 Å². The van der Waals surface area contributed by atoms with E-state index in [0.29, 0.717) is 25.4 Å². The highest BCUT2D eigenvalue weighted by Crippen LogP contribution is 2.33. The molecule has 1 fully saturated rings. The van der Waals surface area contributed by atoms with E-state index in [1.807, 2.05) is 6.92 Å². The Morgan fingerprint density at radius 2 is 2.11 bits per heavy atom. The first-order valence-corrected chi connectivity index (χ1v) is 8.27. The SMILES string of the molecule is CCOC(=O)CCc1csc(C2CCCCCC2)n1. The average molecular weight is 281 g/mol. The van der Waals surface area contributed by atoms with Gasteiger partial charge in [-0.3, -0.25) is 4.79 Å². The summed E-state index contributed by atoms with van der Waals surface area (Å²) in [7, 11) is 0. The van der Waals surface area contributed by atoms with Gasteiger partial charge in [0.15, 0.2) is 0 Å². The first-order chi connectivity index (χ1) is 9.29. The van der Waals surface area contributed by atoms with Crippen LogP contribution in [0.25, 0.3) is 0 Å². The Morgan fingerprint density at radius 1 is 1.37 bits per heavy atom. The highest BCUT2D eigenvalue weighted by Gasteiger charge is 2.17. The fraction of sp³-hybridized carbons (Fsp3) is 0.733. The lowest BCUT2D eigenvalue weighted by Crippen LogP contribution is -2.05. The van der Waals surface area contributed by atoms with Crippen molar-refractivity contribution in [1.29, 1.82) is 0 Å². The Morgan fingerprint density at radius 3 is 2.79 bits per heavy atom. The minimum absolute atomic E-state index is 0.119. The Hall–Kier alpha value is -0.900. The summed E-state index contributed by atoms with van der Waals surface area (Å²) in [4.78, 5) is 16.0. The van der Waals surface area contributed by atoms with Gasteiger partial charge in [-0.2, -0.15) is 0 Å². The highest BCUT2D eigenvalue weighted by molar-refractivity contribution is 7.09. The molecule has 1 aromatic rings. The van der Waals surface area contributed by atoms with Crippen molar-refractivity contribution in [3.8, 4) is 0 Å². The van der Waals surface area contributed by atoms with Gasteiger partial charge in [-0.15, -0.1) is 11.3 Å². The number of rotatable bonds is 5. The van der Waals surface area contributed by atoms with Gasteiger partial charge in [0, 0.05) is 17.7 Å². The topological polar surface area (TPSA) is 39.2 Å². The molecule has 1 aliphatic carbocycles. The van der Waals surface area contributed by atoms with E-state index in [2.05, 4.69) is 5.38 Å². The van der Waals surface area contributed by atoms with Gasteiger partial charge in [0.2, 0.25) is 0 Å². The molecule has 0 saturated heterocycles. The molecule has 0 aromatic carbocycles. The summed E-state index contributed by atoms with van der Waals surface area (Å²) in [5.74, 6) is 0.537. The monoisotopic (exact) mass is 281 g/mol. The maximum Gasteiger partial charge on any atom is 0.306 e. The summed E-state index contributed by atoms with van der Waals surface area (Å²) in [6.07, 6.45) is 9.14. The number of esters is 1. The standard InChI is InChI=1S/C15H23NO2S/c1-2-18-14(17)10-9-13-11-19-15(16-13)12-7-5-3-4-6-8-12/h11-12H,2-10H2,1H3. The average Bonchev–Trinajstić information content (AvgIpc) is 2.71. The number of aryl methyl sites for hydroxylation is 1. The minimum Gasteiger partial charge on any atom is -0.466 e. The number of carbonyl (C=O) groups is 1. The smallest absolute Gasteiger partial charge is 0.306 e. The molecule has 3 nitrogen and oxygen atoms in total. The van der Waals surface area contributed by atoms with Gasteiger partial charge in [0.25, 0.3) is 0 Å². The van der Waals surface area contributed by atoms with Crippen LogP contribution < -0.4 is 0 Å². The third kappa shape index (κ3) is 4.60. The number of hydrogen-bond donors (Lipinski definition) is 0. The van der Waals surface area contributed by atoms with E-state index in [9.17, 15) is 4.79 Å². The lowest BCUT2D eigenvalue weighted by atomic mass is 10.0. The molecule has 0 unspecified atom stereocenters. The van der Waals surface area contributed by atoms with Crippen molar-refractivity contribution >= 4 is 17.3 Å². The van der Waals surface area contributed by atoms with E-state index >= 15 is 0 Å². The van der Waals surface area contributed by atoms with Crippen LogP contribution in [0.2, 0.25) is 0 Å². The lowest BCUT2D eigenvalue weighted by molar-refractivity contribution is -0.143. The Bertz CT molecular complexity index is 395. The van der Waals surface area contributed by atoms with Gasteiger partial charge in [-0.05, 0) is 19.8 Å². The molecular weight excluding hydrogens is 258 g/mol. The summed E-state index contributed by atoms with van der Waals surface area (Å²) in [5, 5.41) is 3.39. The van der Waals surface area contributed by atoms with Crippen LogP contribution in [0.4, 0.5) is 0 Å². The molecule has 106 valence electrons. The molecule has 2 rings (SSSR count). The Labute approximate surface area is 119 Å². The molecule has 0 bridgehead atoms. The number of aromatic nitrogens is 1. The van der Waals surface area contributed by atoms with Gasteiger partial charge in [0.05, 0.1) is 23.7 Å². The quantitative estimate of drug-likeness (QED) is 0.603. The molecule has 0 atom stereocenters. The van der Waals surface area contributed by atoms with Crippen molar-refractivity contribution in [2.45, 2.75) is 64.2 Å². The van der Waals surface area contributed by atoms with Gasteiger partial charge < -0.3 is 4.74 Å². The van der Waals surface area contributed by atoms with Crippen molar-refractivity contribution in [2.75, 3.05) is 6.61 Å².